The average Bonchev–Trinajstić information content (AvgIpc) is 4.01. The van der Waals surface area contributed by atoms with Crippen molar-refractivity contribution in [3.05, 3.63) is 70.3 Å². The standard InChI is InChI=1S/C44H54N10O16/c1-49(29(55)11-5-21-17-51(47-45-21)19-27-33(57)35(59)37(61)43(67)69-27)13-3-15-53-39(63)23-7-9-25-32-26(10-8-24(31(23)32)40(53)64)42(66)54(41(25)65)16-4-14-50(2)30(56)12-6-22-18-52(48-46-22)20-28-34(58)36(60)38(62)44(68)70-28/h7-10,17-18,27-28,33-38,43-44,57-62,67-68H,3-6,11-16,19-20H2,1-2H3/t27-,28-,33+,34+,35+,36+,37-,38-,43+,44+/m1/s1. The molecule has 8 rings (SSSR count). The maximum absolute atomic E-state index is 13.8. The first kappa shape index (κ1) is 50.2. The highest BCUT2D eigenvalue weighted by Gasteiger charge is 2.45. The molecule has 4 aromatic rings. The molecule has 26 nitrogen and oxygen atoms in total. The highest BCUT2D eigenvalue weighted by atomic mass is 16.6. The normalized spacial score (nSPS) is 26.6. The number of aliphatic hydroxyl groups is 8. The van der Waals surface area contributed by atoms with Crippen LogP contribution in [0.25, 0.3) is 10.8 Å². The molecule has 0 spiro atoms. The molecule has 4 aliphatic heterocycles. The molecule has 8 N–H and O–H groups in total. The maximum Gasteiger partial charge on any atom is 0.261 e. The monoisotopic (exact) mass is 978 g/mol. The molecule has 6 amide bonds. The van der Waals surface area contributed by atoms with E-state index in [4.69, 9.17) is 9.47 Å². The second-order valence-electron chi connectivity index (χ2n) is 17.9. The predicted molar refractivity (Wildman–Crippen MR) is 234 cm³/mol. The van der Waals surface area contributed by atoms with Gasteiger partial charge in [-0.2, -0.15) is 0 Å². The van der Waals surface area contributed by atoms with Crippen molar-refractivity contribution in [2.75, 3.05) is 40.3 Å². The van der Waals surface area contributed by atoms with Crippen LogP contribution in [-0.2, 0) is 45.0 Å². The zero-order chi connectivity index (χ0) is 50.3. The first-order chi connectivity index (χ1) is 33.3. The summed E-state index contributed by atoms with van der Waals surface area (Å²) in [5.74, 6) is -2.94. The summed E-state index contributed by atoms with van der Waals surface area (Å²) in [6, 6.07) is 5.85. The first-order valence-electron chi connectivity index (χ1n) is 22.7. The number of nitrogens with zero attached hydrogens (tertiary/aromatic N) is 10. The fraction of sp³-hybridized carbons (Fsp3) is 0.545. The Bertz CT molecular complexity index is 2410. The molecule has 10 atom stereocenters. The van der Waals surface area contributed by atoms with Crippen LogP contribution in [0.1, 0.15) is 78.5 Å². The second-order valence-corrected chi connectivity index (χ2v) is 17.9. The Kier molecular flexibility index (Phi) is 14.8. The van der Waals surface area contributed by atoms with Gasteiger partial charge in [-0.1, -0.05) is 10.4 Å². The highest BCUT2D eigenvalue weighted by Crippen LogP contribution is 2.38. The van der Waals surface area contributed by atoms with Crippen molar-refractivity contribution in [3.8, 4) is 0 Å². The van der Waals surface area contributed by atoms with Crippen molar-refractivity contribution in [3.63, 3.8) is 0 Å². The van der Waals surface area contributed by atoms with E-state index >= 15 is 0 Å². The number of imide groups is 2. The molecule has 26 heteroatoms. The summed E-state index contributed by atoms with van der Waals surface area (Å²) < 4.78 is 13.0. The Morgan fingerprint density at radius 3 is 1.23 bits per heavy atom. The number of amides is 6. The molecule has 6 heterocycles. The first-order valence-corrected chi connectivity index (χ1v) is 22.7. The zero-order valence-electron chi connectivity index (χ0n) is 38.0. The Morgan fingerprint density at radius 1 is 0.543 bits per heavy atom. The van der Waals surface area contributed by atoms with E-state index in [0.717, 1.165) is 9.80 Å². The van der Waals surface area contributed by atoms with Gasteiger partial charge >= 0.3 is 0 Å². The molecule has 376 valence electrons. The molecular formula is C44H54N10O16. The molecule has 2 saturated heterocycles. The van der Waals surface area contributed by atoms with E-state index < -0.39 is 85.0 Å². The molecule has 2 aromatic carbocycles. The third-order valence-electron chi connectivity index (χ3n) is 13.1. The van der Waals surface area contributed by atoms with Gasteiger partial charge in [0.25, 0.3) is 23.6 Å². The van der Waals surface area contributed by atoms with E-state index in [-0.39, 0.29) is 123 Å². The summed E-state index contributed by atoms with van der Waals surface area (Å²) in [5, 5.41) is 95.7. The third-order valence-corrected chi connectivity index (χ3v) is 13.1. The van der Waals surface area contributed by atoms with E-state index in [1.54, 1.807) is 14.1 Å². The Balaban J connectivity index is 0.797. The van der Waals surface area contributed by atoms with Gasteiger partial charge in [-0.05, 0) is 37.1 Å². The van der Waals surface area contributed by atoms with Crippen LogP contribution in [0.2, 0.25) is 0 Å². The lowest BCUT2D eigenvalue weighted by Gasteiger charge is -2.38. The number of aromatic nitrogens is 6. The average molecular weight is 979 g/mol. The summed E-state index contributed by atoms with van der Waals surface area (Å²) in [6.07, 6.45) is -11.1. The highest BCUT2D eigenvalue weighted by molar-refractivity contribution is 6.33. The Labute approximate surface area is 397 Å². The summed E-state index contributed by atoms with van der Waals surface area (Å²) in [4.78, 5) is 86.4. The van der Waals surface area contributed by atoms with Gasteiger partial charge in [0.2, 0.25) is 11.8 Å². The number of aryl methyl sites for hydroxylation is 2. The van der Waals surface area contributed by atoms with Crippen LogP contribution in [0.15, 0.2) is 36.7 Å². The van der Waals surface area contributed by atoms with Crippen LogP contribution >= 0.6 is 0 Å². The van der Waals surface area contributed by atoms with Gasteiger partial charge in [-0.3, -0.25) is 38.6 Å². The Morgan fingerprint density at radius 2 is 0.886 bits per heavy atom. The minimum atomic E-state index is -1.70. The van der Waals surface area contributed by atoms with Gasteiger partial charge in [0.1, 0.15) is 48.8 Å². The second kappa shape index (κ2) is 20.6. The van der Waals surface area contributed by atoms with Gasteiger partial charge in [0, 0.05) is 111 Å². The molecule has 4 aliphatic rings. The van der Waals surface area contributed by atoms with Crippen molar-refractivity contribution in [2.45, 2.75) is 113 Å². The maximum atomic E-state index is 13.8. The van der Waals surface area contributed by atoms with Crippen LogP contribution in [-0.4, -0.2) is 228 Å². The summed E-state index contributed by atoms with van der Waals surface area (Å²) in [7, 11) is 3.16. The number of ether oxygens (including phenoxy) is 2. The van der Waals surface area contributed by atoms with E-state index in [1.807, 2.05) is 0 Å². The number of carbonyl (C=O) groups excluding carboxylic acids is 6. The molecule has 2 fully saturated rings. The van der Waals surface area contributed by atoms with Gasteiger partial charge in [-0.25, -0.2) is 9.36 Å². The topological polar surface area (TPSA) is 357 Å². The zero-order valence-corrected chi connectivity index (χ0v) is 38.0. The number of aliphatic hydroxyl groups excluding tert-OH is 8. The van der Waals surface area contributed by atoms with E-state index in [0.29, 0.717) is 11.4 Å². The lowest BCUT2D eigenvalue weighted by molar-refractivity contribution is -0.284. The SMILES string of the molecule is CN(CCCN1C(=O)c2ccc3c4c(ccc(c24)C1=O)C(=O)N(CCCN(C)C(=O)CCc1cn(C[C@H]2O[C@H](O)[C@H](O)[C@@H](O)[C@H]2O)nn1)C3=O)C(=O)CCc1cn(C[C@H]2O[C@H](O)[C@H](O)[C@@H](O)[C@H]2O)nn1. The molecule has 0 bridgehead atoms. The molecule has 70 heavy (non-hydrogen) atoms. The molecule has 2 aromatic heterocycles. The molecule has 0 saturated carbocycles. The fourth-order valence-corrected chi connectivity index (χ4v) is 9.03. The van der Waals surface area contributed by atoms with E-state index in [1.165, 1.54) is 55.8 Å². The quantitative estimate of drug-likeness (QED) is 0.0438. The number of hydrogen-bond acceptors (Lipinski definition) is 20. The van der Waals surface area contributed by atoms with E-state index in [9.17, 15) is 69.6 Å². The van der Waals surface area contributed by atoms with Gasteiger partial charge < -0.3 is 60.1 Å². The molecule has 0 aliphatic carbocycles. The summed E-state index contributed by atoms with van der Waals surface area (Å²) in [6.45, 7) is 0.150. The third kappa shape index (κ3) is 9.91. The lowest BCUT2D eigenvalue weighted by atomic mass is 9.86. The van der Waals surface area contributed by atoms with Crippen molar-refractivity contribution in [1.82, 2.24) is 49.6 Å². The van der Waals surface area contributed by atoms with Crippen molar-refractivity contribution in [1.29, 1.82) is 0 Å². The molecule has 0 radical (unpaired) electrons. The molecule has 0 unspecified atom stereocenters. The Hall–Kier alpha value is -6.20. The van der Waals surface area contributed by atoms with Crippen LogP contribution < -0.4 is 0 Å². The summed E-state index contributed by atoms with van der Waals surface area (Å²) in [5.41, 5.74) is 1.49. The number of hydrogen-bond donors (Lipinski definition) is 8. The van der Waals surface area contributed by atoms with E-state index in [2.05, 4.69) is 20.6 Å². The number of benzene rings is 2. The fourth-order valence-electron chi connectivity index (χ4n) is 9.03. The van der Waals surface area contributed by atoms with Crippen molar-refractivity contribution < 1.29 is 79.1 Å². The van der Waals surface area contributed by atoms with Crippen molar-refractivity contribution >= 4 is 46.2 Å². The lowest BCUT2D eigenvalue weighted by Crippen LogP contribution is -2.58. The number of rotatable bonds is 18. The van der Waals surface area contributed by atoms with Gasteiger partial charge in [0.15, 0.2) is 12.6 Å². The van der Waals surface area contributed by atoms with Crippen LogP contribution in [0.3, 0.4) is 0 Å². The minimum Gasteiger partial charge on any atom is -0.388 e. The minimum absolute atomic E-state index is 0.0261. The van der Waals surface area contributed by atoms with Crippen molar-refractivity contribution in [2.24, 2.45) is 0 Å². The predicted octanol–water partition coefficient (Wildman–Crippen LogP) is -4.22. The summed E-state index contributed by atoms with van der Waals surface area (Å²) >= 11 is 0. The molecular weight excluding hydrogens is 925 g/mol. The van der Waals surface area contributed by atoms with Crippen LogP contribution in [0, 0.1) is 0 Å². The van der Waals surface area contributed by atoms with Gasteiger partial charge in [-0.15, -0.1) is 10.2 Å². The van der Waals surface area contributed by atoms with Crippen LogP contribution in [0.5, 0.6) is 0 Å². The van der Waals surface area contributed by atoms with Crippen LogP contribution in [0.4, 0.5) is 0 Å². The largest absolute Gasteiger partial charge is 0.388 e. The smallest absolute Gasteiger partial charge is 0.261 e. The number of carbonyl (C=O) groups is 6. The van der Waals surface area contributed by atoms with Gasteiger partial charge in [0.05, 0.1) is 24.5 Å².